The maximum Gasteiger partial charge on any atom is 0.240 e. The first-order valence-corrected chi connectivity index (χ1v) is 8.90. The van der Waals surface area contributed by atoms with Gasteiger partial charge in [0.25, 0.3) is 0 Å². The molecule has 0 amide bonds. The molecular formula is C15H22N2O3S. The Bertz CT molecular complexity index is 610. The van der Waals surface area contributed by atoms with E-state index in [0.717, 1.165) is 31.6 Å². The molecule has 2 unspecified atom stereocenters. The summed E-state index contributed by atoms with van der Waals surface area (Å²) in [5.74, 6) is 0. The minimum Gasteiger partial charge on any atom is -0.377 e. The number of hydrogen-bond acceptors (Lipinski definition) is 4. The minimum absolute atomic E-state index is 0.105. The van der Waals surface area contributed by atoms with Gasteiger partial charge < -0.3 is 10.1 Å². The lowest BCUT2D eigenvalue weighted by molar-refractivity contribution is 0.105. The van der Waals surface area contributed by atoms with Gasteiger partial charge >= 0.3 is 0 Å². The van der Waals surface area contributed by atoms with Gasteiger partial charge in [0.1, 0.15) is 0 Å². The fourth-order valence-corrected chi connectivity index (χ4v) is 3.84. The Labute approximate surface area is 126 Å². The Hall–Kier alpha value is -1.11. The van der Waals surface area contributed by atoms with Crippen molar-refractivity contribution in [1.29, 1.82) is 0 Å². The zero-order chi connectivity index (χ0) is 15.1. The van der Waals surface area contributed by atoms with Crippen molar-refractivity contribution in [2.75, 3.05) is 11.9 Å². The number of ether oxygens (including phenoxy) is 1. The molecule has 0 aromatic heterocycles. The van der Waals surface area contributed by atoms with E-state index in [1.807, 2.05) is 12.1 Å². The Morgan fingerprint density at radius 2 is 1.90 bits per heavy atom. The average Bonchev–Trinajstić information content (AvgIpc) is 3.16. The van der Waals surface area contributed by atoms with Crippen LogP contribution in [0.4, 0.5) is 5.69 Å². The molecule has 2 fully saturated rings. The quantitative estimate of drug-likeness (QED) is 0.874. The summed E-state index contributed by atoms with van der Waals surface area (Å²) >= 11 is 0. The Kier molecular flexibility index (Phi) is 3.71. The normalized spacial score (nSPS) is 29.5. The number of anilines is 1. The monoisotopic (exact) mass is 310 g/mol. The second kappa shape index (κ2) is 5.26. The third kappa shape index (κ3) is 3.22. The Balaban J connectivity index is 1.72. The van der Waals surface area contributed by atoms with Crippen LogP contribution in [-0.4, -0.2) is 32.7 Å². The molecule has 2 N–H and O–H groups in total. The summed E-state index contributed by atoms with van der Waals surface area (Å²) in [6.07, 6.45) is 2.96. The molecule has 0 bridgehead atoms. The van der Waals surface area contributed by atoms with Crippen molar-refractivity contribution >= 4 is 15.7 Å². The predicted molar refractivity (Wildman–Crippen MR) is 81.8 cm³/mol. The number of hydrogen-bond donors (Lipinski definition) is 2. The fraction of sp³-hybridized carbons (Fsp3) is 0.600. The van der Waals surface area contributed by atoms with Gasteiger partial charge in [-0.05, 0) is 57.4 Å². The van der Waals surface area contributed by atoms with E-state index in [-0.39, 0.29) is 17.7 Å². The Morgan fingerprint density at radius 1 is 1.24 bits per heavy atom. The van der Waals surface area contributed by atoms with Crippen LogP contribution in [0.25, 0.3) is 0 Å². The van der Waals surface area contributed by atoms with Gasteiger partial charge in [0.15, 0.2) is 0 Å². The Morgan fingerprint density at radius 3 is 2.43 bits per heavy atom. The first kappa shape index (κ1) is 14.8. The van der Waals surface area contributed by atoms with E-state index in [4.69, 9.17) is 4.74 Å². The standard InChI is InChI=1S/C15H22N2O3S/c1-11-15(2,9-10-20-11)16-12-5-7-14(8-6-12)21(18,19)17-13-3-4-13/h5-8,11,13,16-17H,3-4,9-10H2,1-2H3. The topological polar surface area (TPSA) is 67.4 Å². The van der Waals surface area contributed by atoms with E-state index in [1.165, 1.54) is 0 Å². The summed E-state index contributed by atoms with van der Waals surface area (Å²) in [7, 11) is -3.37. The second-order valence-corrected chi connectivity index (χ2v) is 7.94. The van der Waals surface area contributed by atoms with Gasteiger partial charge in [-0.3, -0.25) is 0 Å². The molecule has 1 aromatic carbocycles. The van der Waals surface area contributed by atoms with Crippen LogP contribution in [0.3, 0.4) is 0 Å². The first-order chi connectivity index (χ1) is 9.89. The van der Waals surface area contributed by atoms with Crippen molar-refractivity contribution in [2.24, 2.45) is 0 Å². The van der Waals surface area contributed by atoms with Crippen LogP contribution in [-0.2, 0) is 14.8 Å². The van der Waals surface area contributed by atoms with E-state index < -0.39 is 10.0 Å². The molecule has 1 aliphatic carbocycles. The van der Waals surface area contributed by atoms with Gasteiger partial charge in [0, 0.05) is 18.3 Å². The highest BCUT2D eigenvalue weighted by Crippen LogP contribution is 2.30. The number of rotatable bonds is 5. The second-order valence-electron chi connectivity index (χ2n) is 6.23. The van der Waals surface area contributed by atoms with Gasteiger partial charge in [-0.2, -0.15) is 0 Å². The van der Waals surface area contributed by atoms with E-state index in [0.29, 0.717) is 4.90 Å². The smallest absolute Gasteiger partial charge is 0.240 e. The average molecular weight is 310 g/mol. The third-order valence-corrected chi connectivity index (χ3v) is 5.92. The molecule has 1 aliphatic heterocycles. The minimum atomic E-state index is -3.37. The molecule has 116 valence electrons. The van der Waals surface area contributed by atoms with Gasteiger partial charge in [-0.1, -0.05) is 0 Å². The number of nitrogens with one attached hydrogen (secondary N) is 2. The number of sulfonamides is 1. The zero-order valence-electron chi connectivity index (χ0n) is 12.4. The van der Waals surface area contributed by atoms with Crippen molar-refractivity contribution in [3.8, 4) is 0 Å². The van der Waals surface area contributed by atoms with Crippen LogP contribution in [0.15, 0.2) is 29.2 Å². The molecule has 1 saturated carbocycles. The van der Waals surface area contributed by atoms with Crippen molar-refractivity contribution < 1.29 is 13.2 Å². The van der Waals surface area contributed by atoms with Gasteiger partial charge in [0.2, 0.25) is 10.0 Å². The molecule has 1 aromatic rings. The molecular weight excluding hydrogens is 288 g/mol. The van der Waals surface area contributed by atoms with Crippen LogP contribution in [0.5, 0.6) is 0 Å². The van der Waals surface area contributed by atoms with Gasteiger partial charge in [-0.25, -0.2) is 13.1 Å². The summed E-state index contributed by atoms with van der Waals surface area (Å²) in [6, 6.07) is 7.06. The van der Waals surface area contributed by atoms with Crippen LogP contribution < -0.4 is 10.0 Å². The van der Waals surface area contributed by atoms with Crippen molar-refractivity contribution in [3.63, 3.8) is 0 Å². The van der Waals surface area contributed by atoms with E-state index in [1.54, 1.807) is 12.1 Å². The van der Waals surface area contributed by atoms with Crippen LogP contribution in [0.1, 0.15) is 33.1 Å². The molecule has 2 aliphatic rings. The van der Waals surface area contributed by atoms with E-state index in [2.05, 4.69) is 23.9 Å². The van der Waals surface area contributed by atoms with E-state index >= 15 is 0 Å². The van der Waals surface area contributed by atoms with Crippen LogP contribution in [0.2, 0.25) is 0 Å². The molecule has 0 radical (unpaired) electrons. The first-order valence-electron chi connectivity index (χ1n) is 7.41. The molecule has 21 heavy (non-hydrogen) atoms. The maximum atomic E-state index is 12.1. The fourth-order valence-electron chi connectivity index (χ4n) is 2.53. The highest BCUT2D eigenvalue weighted by Gasteiger charge is 2.36. The largest absolute Gasteiger partial charge is 0.377 e. The lowest BCUT2D eigenvalue weighted by Crippen LogP contribution is -2.41. The lowest BCUT2D eigenvalue weighted by Gasteiger charge is -2.30. The van der Waals surface area contributed by atoms with Gasteiger partial charge in [0.05, 0.1) is 16.5 Å². The maximum absolute atomic E-state index is 12.1. The number of benzene rings is 1. The van der Waals surface area contributed by atoms with Crippen molar-refractivity contribution in [3.05, 3.63) is 24.3 Å². The highest BCUT2D eigenvalue weighted by atomic mass is 32.2. The van der Waals surface area contributed by atoms with Gasteiger partial charge in [-0.15, -0.1) is 0 Å². The van der Waals surface area contributed by atoms with Crippen LogP contribution in [0, 0.1) is 0 Å². The zero-order valence-corrected chi connectivity index (χ0v) is 13.2. The summed E-state index contributed by atoms with van der Waals surface area (Å²) < 4.78 is 32.5. The molecule has 1 heterocycles. The molecule has 3 rings (SSSR count). The predicted octanol–water partition coefficient (Wildman–Crippen LogP) is 2.11. The summed E-state index contributed by atoms with van der Waals surface area (Å²) in [6.45, 7) is 4.94. The molecule has 6 heteroatoms. The molecule has 5 nitrogen and oxygen atoms in total. The SMILES string of the molecule is CC1OCCC1(C)Nc1ccc(S(=O)(=O)NC2CC2)cc1. The van der Waals surface area contributed by atoms with Crippen LogP contribution >= 0.6 is 0 Å². The summed E-state index contributed by atoms with van der Waals surface area (Å²) in [5, 5.41) is 3.46. The summed E-state index contributed by atoms with van der Waals surface area (Å²) in [4.78, 5) is 0.320. The molecule has 0 spiro atoms. The summed E-state index contributed by atoms with van der Waals surface area (Å²) in [5.41, 5.74) is 0.812. The molecule has 2 atom stereocenters. The third-order valence-electron chi connectivity index (χ3n) is 4.38. The van der Waals surface area contributed by atoms with E-state index in [9.17, 15) is 8.42 Å². The molecule has 1 saturated heterocycles. The van der Waals surface area contributed by atoms with Crippen molar-refractivity contribution in [1.82, 2.24) is 4.72 Å². The highest BCUT2D eigenvalue weighted by molar-refractivity contribution is 7.89. The lowest BCUT2D eigenvalue weighted by atomic mass is 9.94. The van der Waals surface area contributed by atoms with Crippen molar-refractivity contribution in [2.45, 2.75) is 55.7 Å².